The van der Waals surface area contributed by atoms with E-state index in [2.05, 4.69) is 10.6 Å². The van der Waals surface area contributed by atoms with E-state index in [0.717, 1.165) is 0 Å². The number of hydrogen-bond acceptors (Lipinski definition) is 4. The van der Waals surface area contributed by atoms with Crippen LogP contribution in [-0.4, -0.2) is 55.9 Å². The molecule has 19 heavy (non-hydrogen) atoms. The number of carboxylic acids is 1. The highest BCUT2D eigenvalue weighted by Gasteiger charge is 2.18. The Morgan fingerprint density at radius 3 is 2.58 bits per heavy atom. The predicted octanol–water partition coefficient (Wildman–Crippen LogP) is -0.997. The van der Waals surface area contributed by atoms with Crippen molar-refractivity contribution in [2.75, 3.05) is 13.2 Å². The van der Waals surface area contributed by atoms with E-state index < -0.39 is 23.4 Å². The molecule has 0 spiro atoms. The van der Waals surface area contributed by atoms with Crippen LogP contribution in [0.2, 0.25) is 0 Å². The second-order valence-electron chi connectivity index (χ2n) is 4.51. The third kappa shape index (κ3) is 10.1. The average Bonchev–Trinajstić information content (AvgIpc) is 2.28. The number of amides is 2. The lowest BCUT2D eigenvalue weighted by molar-refractivity contribution is -0.137. The summed E-state index contributed by atoms with van der Waals surface area (Å²) in [6, 6.07) is -0.862. The van der Waals surface area contributed by atoms with Crippen LogP contribution >= 0.6 is 0 Å². The van der Waals surface area contributed by atoms with E-state index in [-0.39, 0.29) is 26.0 Å². The fourth-order valence-electron chi connectivity index (χ4n) is 1.25. The molecule has 0 aromatic carbocycles. The Kier molecular flexibility index (Phi) is 7.82. The van der Waals surface area contributed by atoms with Crippen LogP contribution in [0.25, 0.3) is 0 Å². The minimum atomic E-state index is -1.03. The Bertz CT molecular complexity index is 317. The number of hydrogen-bond donors (Lipinski definition) is 3. The number of carboxylic acid groups (broad SMARTS) is 1. The molecular weight excluding hydrogens is 251 g/mol. The molecule has 0 unspecified atom stereocenters. The Morgan fingerprint density at radius 1 is 1.47 bits per heavy atom. The van der Waals surface area contributed by atoms with Gasteiger partial charge < -0.3 is 20.5 Å². The van der Waals surface area contributed by atoms with Gasteiger partial charge in [0.1, 0.15) is 13.9 Å². The normalized spacial score (nSPS) is 12.5. The van der Waals surface area contributed by atoms with Gasteiger partial charge in [-0.15, -0.1) is 0 Å². The molecule has 0 aromatic rings. The summed E-state index contributed by atoms with van der Waals surface area (Å²) in [5.74, 6) is -1.48. The monoisotopic (exact) mass is 270 g/mol. The van der Waals surface area contributed by atoms with Crippen LogP contribution in [0.3, 0.4) is 0 Å². The fourth-order valence-corrected chi connectivity index (χ4v) is 1.25. The van der Waals surface area contributed by atoms with Crippen molar-refractivity contribution in [2.45, 2.75) is 38.2 Å². The topological polar surface area (TPSA) is 105 Å². The molecular formula is C11H19BN2O5. The van der Waals surface area contributed by atoms with Gasteiger partial charge in [0.05, 0.1) is 6.61 Å². The van der Waals surface area contributed by atoms with Gasteiger partial charge in [-0.05, 0) is 20.3 Å². The van der Waals surface area contributed by atoms with Gasteiger partial charge in [-0.2, -0.15) is 0 Å². The quantitative estimate of drug-likeness (QED) is 0.268. The van der Waals surface area contributed by atoms with Crippen LogP contribution in [0.15, 0.2) is 0 Å². The number of carbonyl (C=O) groups excluding carboxylic acids is 2. The predicted molar refractivity (Wildman–Crippen MR) is 68.7 cm³/mol. The Balaban J connectivity index is 4.03. The maximum Gasteiger partial charge on any atom is 0.303 e. The molecule has 2 amide bonds. The van der Waals surface area contributed by atoms with Crippen LogP contribution in [0.4, 0.5) is 0 Å². The lowest BCUT2D eigenvalue weighted by Gasteiger charge is -2.21. The first-order valence-corrected chi connectivity index (χ1v) is 5.88. The van der Waals surface area contributed by atoms with E-state index in [9.17, 15) is 14.4 Å². The van der Waals surface area contributed by atoms with E-state index >= 15 is 0 Å². The largest absolute Gasteiger partial charge is 0.481 e. The van der Waals surface area contributed by atoms with Crippen molar-refractivity contribution in [1.82, 2.24) is 10.6 Å². The molecule has 0 fully saturated rings. The third-order valence-corrected chi connectivity index (χ3v) is 2.11. The molecule has 0 aliphatic heterocycles. The summed E-state index contributed by atoms with van der Waals surface area (Å²) in [5, 5.41) is 13.3. The Hall–Kier alpha value is -1.57. The summed E-state index contributed by atoms with van der Waals surface area (Å²) in [6.45, 7) is 3.81. The van der Waals surface area contributed by atoms with Crippen molar-refractivity contribution in [3.63, 3.8) is 0 Å². The van der Waals surface area contributed by atoms with E-state index in [1.807, 2.05) is 0 Å². The molecule has 0 saturated carbocycles. The molecule has 0 aliphatic rings. The smallest absolute Gasteiger partial charge is 0.303 e. The van der Waals surface area contributed by atoms with Crippen molar-refractivity contribution in [2.24, 2.45) is 0 Å². The number of carbonyl (C=O) groups is 3. The average molecular weight is 270 g/mol. The van der Waals surface area contributed by atoms with E-state index in [4.69, 9.17) is 17.7 Å². The van der Waals surface area contributed by atoms with Crippen molar-refractivity contribution >= 4 is 26.1 Å². The highest BCUT2D eigenvalue weighted by molar-refractivity contribution is 6.13. The lowest BCUT2D eigenvalue weighted by atomic mass is 9.86. The maximum atomic E-state index is 11.7. The summed E-state index contributed by atoms with van der Waals surface area (Å²) in [4.78, 5) is 32.4. The van der Waals surface area contributed by atoms with Gasteiger partial charge in [-0.1, -0.05) is 0 Å². The first-order valence-electron chi connectivity index (χ1n) is 5.88. The van der Waals surface area contributed by atoms with E-state index in [1.165, 1.54) is 0 Å². The minimum absolute atomic E-state index is 0.0309. The van der Waals surface area contributed by atoms with Crippen LogP contribution in [0, 0.1) is 0 Å². The van der Waals surface area contributed by atoms with Gasteiger partial charge in [0.25, 0.3) is 0 Å². The molecule has 0 rings (SSSR count). The summed E-state index contributed by atoms with van der Waals surface area (Å²) in [5.41, 5.74) is -0.783. The first kappa shape index (κ1) is 17.4. The zero-order chi connectivity index (χ0) is 14.9. The SMILES string of the molecule is [B]C(C)(C)OCCNC(=O)[C@H](CCC(=O)O)NC=O. The standard InChI is InChI=1S/C11H19BN2O5/c1-11(2,12)19-6-5-13-10(18)8(14-7-15)3-4-9(16)17/h7-8H,3-6H2,1-2H3,(H,13,18)(H,14,15)(H,16,17)/t8-/m0/s1. The van der Waals surface area contributed by atoms with Gasteiger partial charge in [0.2, 0.25) is 12.3 Å². The molecule has 0 heterocycles. The highest BCUT2D eigenvalue weighted by atomic mass is 16.5. The molecule has 0 bridgehead atoms. The maximum absolute atomic E-state index is 11.7. The lowest BCUT2D eigenvalue weighted by Crippen LogP contribution is -2.45. The fraction of sp³-hybridized carbons (Fsp3) is 0.727. The van der Waals surface area contributed by atoms with Gasteiger partial charge in [0, 0.05) is 18.5 Å². The minimum Gasteiger partial charge on any atom is -0.481 e. The van der Waals surface area contributed by atoms with Crippen LogP contribution in [0.1, 0.15) is 26.7 Å². The highest BCUT2D eigenvalue weighted by Crippen LogP contribution is 2.01. The van der Waals surface area contributed by atoms with Gasteiger partial charge in [-0.25, -0.2) is 0 Å². The molecule has 8 heteroatoms. The van der Waals surface area contributed by atoms with Gasteiger partial charge >= 0.3 is 5.97 Å². The van der Waals surface area contributed by atoms with Crippen molar-refractivity contribution in [3.05, 3.63) is 0 Å². The summed E-state index contributed by atoms with van der Waals surface area (Å²) in [7, 11) is 5.58. The summed E-state index contributed by atoms with van der Waals surface area (Å²) >= 11 is 0. The Morgan fingerprint density at radius 2 is 2.11 bits per heavy atom. The number of rotatable bonds is 10. The molecule has 0 saturated heterocycles. The Labute approximate surface area is 113 Å². The van der Waals surface area contributed by atoms with Crippen molar-refractivity contribution < 1.29 is 24.2 Å². The molecule has 1 atom stereocenters. The van der Waals surface area contributed by atoms with Crippen LogP contribution in [0.5, 0.6) is 0 Å². The van der Waals surface area contributed by atoms with Crippen LogP contribution in [-0.2, 0) is 19.1 Å². The van der Waals surface area contributed by atoms with E-state index in [0.29, 0.717) is 6.41 Å². The molecule has 0 aromatic heterocycles. The molecule has 2 radical (unpaired) electrons. The van der Waals surface area contributed by atoms with Crippen molar-refractivity contribution in [1.29, 1.82) is 0 Å². The molecule has 0 aliphatic carbocycles. The summed E-state index contributed by atoms with van der Waals surface area (Å²) in [6.07, 6.45) is 0.194. The van der Waals surface area contributed by atoms with Gasteiger partial charge in [0.15, 0.2) is 0 Å². The second kappa shape index (κ2) is 8.52. The number of ether oxygens (including phenoxy) is 1. The molecule has 3 N–H and O–H groups in total. The van der Waals surface area contributed by atoms with Gasteiger partial charge in [-0.3, -0.25) is 14.4 Å². The molecule has 106 valence electrons. The zero-order valence-electron chi connectivity index (χ0n) is 11.1. The second-order valence-corrected chi connectivity index (χ2v) is 4.51. The van der Waals surface area contributed by atoms with E-state index in [1.54, 1.807) is 13.8 Å². The number of aliphatic carboxylic acids is 1. The molecule has 7 nitrogen and oxygen atoms in total. The summed E-state index contributed by atoms with van der Waals surface area (Å²) < 4.78 is 5.20. The number of nitrogens with one attached hydrogen (secondary N) is 2. The zero-order valence-corrected chi connectivity index (χ0v) is 11.1. The third-order valence-electron chi connectivity index (χ3n) is 2.11. The first-order chi connectivity index (χ1) is 8.76. The van der Waals surface area contributed by atoms with Crippen LogP contribution < -0.4 is 10.6 Å². The van der Waals surface area contributed by atoms with Crippen molar-refractivity contribution in [3.8, 4) is 0 Å².